The van der Waals surface area contributed by atoms with Gasteiger partial charge in [-0.25, -0.2) is 0 Å². The molecule has 0 saturated heterocycles. The first-order valence-corrected chi connectivity index (χ1v) is 17.5. The maximum atomic E-state index is 14.3. The minimum Gasteiger partial charge on any atom is -0.508 e. The van der Waals surface area contributed by atoms with E-state index < -0.39 is 52.4 Å². The van der Waals surface area contributed by atoms with Crippen LogP contribution in [0.25, 0.3) is 6.08 Å². The van der Waals surface area contributed by atoms with Crippen molar-refractivity contribution < 1.29 is 40.2 Å². The average molecular weight is 651 g/mol. The number of hydrogen-bond donors (Lipinski definition) is 6. The Kier molecular flexibility index (Phi) is 8.53. The van der Waals surface area contributed by atoms with Gasteiger partial charge in [-0.3, -0.25) is 9.59 Å². The van der Waals surface area contributed by atoms with Crippen molar-refractivity contribution in [3.05, 3.63) is 47.6 Å². The average Bonchev–Trinajstić information content (AvgIpc) is 3.17. The number of carbonyl (C=O) groups is 2. The zero-order chi connectivity index (χ0) is 34.3. The zero-order valence-corrected chi connectivity index (χ0v) is 28.5. The number of aliphatic hydroxyl groups is 5. The van der Waals surface area contributed by atoms with Crippen LogP contribution in [0.2, 0.25) is 0 Å². The maximum absolute atomic E-state index is 14.3. The number of rotatable bonds is 5. The van der Waals surface area contributed by atoms with Crippen molar-refractivity contribution in [2.45, 2.75) is 110 Å². The predicted molar refractivity (Wildman–Crippen MR) is 178 cm³/mol. The normalized spacial score (nSPS) is 47.1. The van der Waals surface area contributed by atoms with Gasteiger partial charge in [0.1, 0.15) is 11.9 Å². The van der Waals surface area contributed by atoms with Crippen LogP contribution in [0.4, 0.5) is 0 Å². The minimum absolute atomic E-state index is 0.0517. The lowest BCUT2D eigenvalue weighted by Crippen LogP contribution is -2.67. The van der Waals surface area contributed by atoms with E-state index in [2.05, 4.69) is 13.8 Å². The Balaban J connectivity index is 1.35. The molecular formula is C39H54O8. The van der Waals surface area contributed by atoms with Crippen LogP contribution >= 0.6 is 0 Å². The van der Waals surface area contributed by atoms with Gasteiger partial charge in [-0.2, -0.15) is 0 Å². The van der Waals surface area contributed by atoms with Crippen LogP contribution in [0.3, 0.4) is 0 Å². The summed E-state index contributed by atoms with van der Waals surface area (Å²) in [5.41, 5.74) is -1.47. The van der Waals surface area contributed by atoms with Crippen molar-refractivity contribution in [3.8, 4) is 5.75 Å². The van der Waals surface area contributed by atoms with E-state index in [1.54, 1.807) is 25.1 Å². The lowest BCUT2D eigenvalue weighted by Gasteiger charge is -2.64. The third kappa shape index (κ3) is 5.03. The summed E-state index contributed by atoms with van der Waals surface area (Å²) in [6.45, 7) is 10.3. The summed E-state index contributed by atoms with van der Waals surface area (Å²) in [5, 5.41) is 65.7. The van der Waals surface area contributed by atoms with Gasteiger partial charge in [-0.1, -0.05) is 58.4 Å². The smallest absolute Gasteiger partial charge is 0.184 e. The van der Waals surface area contributed by atoms with Gasteiger partial charge in [0.15, 0.2) is 11.6 Å². The third-order valence-corrected chi connectivity index (χ3v) is 14.6. The third-order valence-electron chi connectivity index (χ3n) is 14.6. The summed E-state index contributed by atoms with van der Waals surface area (Å²) in [4.78, 5) is 27.8. The van der Waals surface area contributed by atoms with Gasteiger partial charge < -0.3 is 30.6 Å². The second-order valence-electron chi connectivity index (χ2n) is 17.2. The number of ketones is 2. The van der Waals surface area contributed by atoms with Crippen LogP contribution < -0.4 is 0 Å². The first-order valence-electron chi connectivity index (χ1n) is 17.5. The molecule has 1 aromatic carbocycles. The van der Waals surface area contributed by atoms with Gasteiger partial charge in [-0.15, -0.1) is 0 Å². The highest BCUT2D eigenvalue weighted by Gasteiger charge is 2.68. The van der Waals surface area contributed by atoms with Crippen LogP contribution in [0.5, 0.6) is 5.75 Å². The molecule has 1 aromatic rings. The molecule has 6 rings (SSSR count). The molecule has 0 radical (unpaired) electrons. The zero-order valence-electron chi connectivity index (χ0n) is 28.5. The summed E-state index contributed by atoms with van der Waals surface area (Å²) in [7, 11) is 0. The van der Waals surface area contributed by atoms with E-state index in [9.17, 15) is 40.2 Å². The number of phenolic OH excluding ortho intramolecular Hbond substituents is 1. The highest BCUT2D eigenvalue weighted by atomic mass is 16.3. The quantitative estimate of drug-likeness (QED) is 0.253. The minimum atomic E-state index is -1.74. The molecule has 0 aliphatic heterocycles. The molecule has 8 nitrogen and oxygen atoms in total. The van der Waals surface area contributed by atoms with Gasteiger partial charge in [0.2, 0.25) is 0 Å². The SMILES string of the molecule is C[C@@]12CC[C@@H]3[C@](C)(CO)[C@H](O)CC[C@@]3(C)[C@@H]1CC[C@H]1C(=CC(=O)[C@@H]3[C@]1(C)C[C@@H](O)[C@@H](O)[C@@]3(C)[C@H](O)C(=O)C=Cc1ccc(O)cc1)C2. The number of benzene rings is 1. The van der Waals surface area contributed by atoms with Crippen molar-refractivity contribution in [3.63, 3.8) is 0 Å². The Hall–Kier alpha value is -2.36. The van der Waals surface area contributed by atoms with E-state index in [1.807, 2.05) is 13.8 Å². The Morgan fingerprint density at radius 1 is 0.936 bits per heavy atom. The molecule has 0 amide bonds. The van der Waals surface area contributed by atoms with Crippen LogP contribution in [0.1, 0.15) is 91.5 Å². The number of hydrogen-bond acceptors (Lipinski definition) is 8. The molecule has 0 unspecified atom stereocenters. The van der Waals surface area contributed by atoms with E-state index in [0.717, 1.165) is 44.1 Å². The van der Waals surface area contributed by atoms with Gasteiger partial charge >= 0.3 is 0 Å². The molecule has 47 heavy (non-hydrogen) atoms. The molecule has 4 saturated carbocycles. The van der Waals surface area contributed by atoms with Crippen LogP contribution in [-0.4, -0.2) is 73.2 Å². The van der Waals surface area contributed by atoms with Crippen LogP contribution in [0.15, 0.2) is 42.0 Å². The van der Waals surface area contributed by atoms with E-state index >= 15 is 0 Å². The van der Waals surface area contributed by atoms with E-state index in [-0.39, 0.29) is 47.2 Å². The molecule has 0 aromatic heterocycles. The van der Waals surface area contributed by atoms with Gasteiger partial charge in [0.05, 0.1) is 24.9 Å². The standard InChI is InChI=1S/C39H54O8/c1-35-16-14-30-36(2,17-15-31(45)38(30,4)21-40)29(35)13-11-25-23(19-35)18-27(43)32-37(25,3)20-28(44)34(47)39(32,5)33(46)26(42)12-8-22-6-9-24(41)10-7-22/h6-10,12,18,25,28-34,40-41,44-47H,11,13-17,19-21H2,1-5H3/t25-,28+,29+,30-,31+,32+,33+,34+,35-,36-,37+,38-,39+/m0/s1. The molecule has 8 heteroatoms. The van der Waals surface area contributed by atoms with E-state index in [1.165, 1.54) is 24.3 Å². The van der Waals surface area contributed by atoms with Gasteiger partial charge in [0, 0.05) is 16.7 Å². The predicted octanol–water partition coefficient (Wildman–Crippen LogP) is 4.59. The molecule has 0 bridgehead atoms. The van der Waals surface area contributed by atoms with Crippen molar-refractivity contribution in [1.29, 1.82) is 0 Å². The first-order chi connectivity index (χ1) is 22.0. The second-order valence-corrected chi connectivity index (χ2v) is 17.2. The summed E-state index contributed by atoms with van der Waals surface area (Å²) < 4.78 is 0. The molecule has 5 aliphatic rings. The van der Waals surface area contributed by atoms with E-state index in [4.69, 9.17) is 0 Å². The summed E-state index contributed by atoms with van der Waals surface area (Å²) >= 11 is 0. The fraction of sp³-hybridized carbons (Fsp3) is 0.692. The fourth-order valence-corrected chi connectivity index (χ4v) is 12.3. The van der Waals surface area contributed by atoms with Gasteiger partial charge in [-0.05, 0) is 115 Å². The highest BCUT2D eigenvalue weighted by Crippen LogP contribution is 2.70. The Morgan fingerprint density at radius 3 is 2.28 bits per heavy atom. The number of allylic oxidation sites excluding steroid dienone is 2. The maximum Gasteiger partial charge on any atom is 0.184 e. The number of fused-ring (bicyclic) bond motifs is 6. The summed E-state index contributed by atoms with van der Waals surface area (Å²) in [6, 6.07) is 6.25. The summed E-state index contributed by atoms with van der Waals surface area (Å²) in [6.07, 6.45) is 5.45. The fourth-order valence-electron chi connectivity index (χ4n) is 12.3. The Bertz CT molecular complexity index is 1470. The second kappa shape index (κ2) is 11.6. The van der Waals surface area contributed by atoms with E-state index in [0.29, 0.717) is 17.9 Å². The number of phenols is 1. The van der Waals surface area contributed by atoms with Crippen LogP contribution in [0, 0.1) is 50.7 Å². The van der Waals surface area contributed by atoms with Gasteiger partial charge in [0.25, 0.3) is 0 Å². The number of aromatic hydroxyl groups is 1. The van der Waals surface area contributed by atoms with Crippen molar-refractivity contribution in [2.24, 2.45) is 50.7 Å². The molecular weight excluding hydrogens is 596 g/mol. The van der Waals surface area contributed by atoms with Crippen molar-refractivity contribution in [2.75, 3.05) is 6.61 Å². The molecule has 258 valence electrons. The lowest BCUT2D eigenvalue weighted by atomic mass is 9.42. The molecule has 6 N–H and O–H groups in total. The Labute approximate surface area is 278 Å². The number of carbonyl (C=O) groups excluding carboxylic acids is 2. The monoisotopic (exact) mass is 650 g/mol. The molecule has 0 heterocycles. The highest BCUT2D eigenvalue weighted by molar-refractivity contribution is 6.00. The van der Waals surface area contributed by atoms with Crippen molar-refractivity contribution in [1.82, 2.24) is 0 Å². The topological polar surface area (TPSA) is 156 Å². The molecule has 5 aliphatic carbocycles. The molecule has 4 fully saturated rings. The van der Waals surface area contributed by atoms with Crippen LogP contribution in [-0.2, 0) is 9.59 Å². The van der Waals surface area contributed by atoms with Crippen molar-refractivity contribution >= 4 is 17.6 Å². The number of aliphatic hydroxyl groups excluding tert-OH is 5. The lowest BCUT2D eigenvalue weighted by molar-refractivity contribution is -0.212. The molecule has 0 spiro atoms. The summed E-state index contributed by atoms with van der Waals surface area (Å²) in [5.74, 6) is -1.28. The molecule has 13 atom stereocenters. The Morgan fingerprint density at radius 2 is 1.62 bits per heavy atom. The first kappa shape index (κ1) is 34.5. The largest absolute Gasteiger partial charge is 0.508 e.